The Morgan fingerprint density at radius 1 is 1.14 bits per heavy atom. The highest BCUT2D eigenvalue weighted by atomic mass is 15.4. The minimum atomic E-state index is -0.295. The summed E-state index contributed by atoms with van der Waals surface area (Å²) in [5.74, 6) is 0.299. The van der Waals surface area contributed by atoms with Gasteiger partial charge in [0.2, 0.25) is 0 Å². The second-order valence-electron chi connectivity index (χ2n) is 9.52. The first-order valence-corrected chi connectivity index (χ1v) is 11.9. The third-order valence-corrected chi connectivity index (χ3v) is 6.99. The van der Waals surface area contributed by atoms with E-state index in [1.165, 1.54) is 11.1 Å². The van der Waals surface area contributed by atoms with E-state index in [0.29, 0.717) is 18.8 Å². The number of aryl methyl sites for hydroxylation is 1. The number of fused-ring (bicyclic) bond motifs is 1. The van der Waals surface area contributed by atoms with Gasteiger partial charge in [0.25, 0.3) is 0 Å². The van der Waals surface area contributed by atoms with Gasteiger partial charge in [-0.3, -0.25) is 25.0 Å². The summed E-state index contributed by atoms with van der Waals surface area (Å²) in [7, 11) is 0. The van der Waals surface area contributed by atoms with Crippen LogP contribution >= 0.6 is 0 Å². The van der Waals surface area contributed by atoms with Crippen molar-refractivity contribution >= 4 is 16.9 Å². The number of likely N-dealkylation sites (N-methyl/N-ethyl adjacent to an activating group) is 1. The minimum Gasteiger partial charge on any atom is -0.333 e. The Balaban J connectivity index is 1.66. The molecule has 0 saturated carbocycles. The highest BCUT2D eigenvalue weighted by Gasteiger charge is 2.44. The summed E-state index contributed by atoms with van der Waals surface area (Å²) < 4.78 is 5.84. The van der Waals surface area contributed by atoms with Gasteiger partial charge in [-0.05, 0) is 50.2 Å². The maximum absolute atomic E-state index is 9.49. The van der Waals surface area contributed by atoms with Crippen molar-refractivity contribution in [3.8, 4) is 17.5 Å². The number of hydrogen-bond acceptors (Lipinski definition) is 5. The molecule has 0 atom stereocenters. The van der Waals surface area contributed by atoms with Gasteiger partial charge < -0.3 is 4.57 Å². The van der Waals surface area contributed by atoms with Crippen LogP contribution in [0, 0.1) is 29.1 Å². The Hall–Kier alpha value is -3.96. The zero-order valence-electron chi connectivity index (χ0n) is 20.4. The number of pyridine rings is 1. The summed E-state index contributed by atoms with van der Waals surface area (Å²) in [5, 5.41) is 31.1. The third-order valence-electron chi connectivity index (χ3n) is 6.99. The monoisotopic (exact) mass is 466 g/mol. The average Bonchev–Trinajstić information content (AvgIpc) is 3.41. The predicted octanol–water partition coefficient (Wildman–Crippen LogP) is 3.93. The maximum Gasteiger partial charge on any atom is 0.130 e. The van der Waals surface area contributed by atoms with Crippen LogP contribution in [0.2, 0.25) is 0 Å². The van der Waals surface area contributed by atoms with Gasteiger partial charge in [-0.2, -0.15) is 10.4 Å². The Morgan fingerprint density at radius 3 is 2.63 bits per heavy atom. The van der Waals surface area contributed by atoms with E-state index in [9.17, 15) is 5.26 Å². The molecular weight excluding hydrogens is 436 g/mol. The first-order valence-electron chi connectivity index (χ1n) is 11.9. The molecule has 1 aliphatic heterocycles. The van der Waals surface area contributed by atoms with Gasteiger partial charge in [0.1, 0.15) is 22.6 Å². The summed E-state index contributed by atoms with van der Waals surface area (Å²) >= 11 is 0. The van der Waals surface area contributed by atoms with Crippen LogP contribution in [0.25, 0.3) is 22.4 Å². The van der Waals surface area contributed by atoms with E-state index >= 15 is 0 Å². The lowest BCUT2D eigenvalue weighted by Crippen LogP contribution is -2.62. The quantitative estimate of drug-likeness (QED) is 0.332. The fourth-order valence-corrected chi connectivity index (χ4v) is 5.22. The van der Waals surface area contributed by atoms with E-state index in [0.717, 1.165) is 42.1 Å². The highest BCUT2D eigenvalue weighted by molar-refractivity contribution is 5.93. The normalized spacial score (nSPS) is 15.1. The smallest absolute Gasteiger partial charge is 0.130 e. The van der Waals surface area contributed by atoms with Crippen molar-refractivity contribution in [3.63, 3.8) is 0 Å². The van der Waals surface area contributed by atoms with Crippen molar-refractivity contribution in [2.75, 3.05) is 19.6 Å². The van der Waals surface area contributed by atoms with Crippen LogP contribution in [0.15, 0.2) is 54.7 Å². The van der Waals surface area contributed by atoms with E-state index in [-0.39, 0.29) is 11.0 Å². The van der Waals surface area contributed by atoms with Crippen molar-refractivity contribution in [2.24, 2.45) is 0 Å². The molecule has 0 radical (unpaired) electrons. The van der Waals surface area contributed by atoms with Crippen LogP contribution in [0.4, 0.5) is 0 Å². The molecule has 1 aromatic carbocycles. The number of likely N-dealkylation sites (tertiary alicyclic amines) is 1. The van der Waals surface area contributed by atoms with E-state index in [4.69, 9.17) is 15.9 Å². The number of aromatic nitrogens is 4. The molecule has 35 heavy (non-hydrogen) atoms. The molecule has 3 aromatic heterocycles. The van der Waals surface area contributed by atoms with Crippen molar-refractivity contribution in [2.45, 2.75) is 39.3 Å². The van der Waals surface area contributed by atoms with Gasteiger partial charge in [-0.25, -0.2) is 0 Å². The van der Waals surface area contributed by atoms with Crippen molar-refractivity contribution in [1.82, 2.24) is 23.8 Å². The molecule has 8 heteroatoms. The molecule has 0 bridgehead atoms. The Kier molecular flexibility index (Phi) is 5.65. The van der Waals surface area contributed by atoms with Crippen molar-refractivity contribution in [1.29, 1.82) is 16.1 Å². The largest absolute Gasteiger partial charge is 0.333 e. The van der Waals surface area contributed by atoms with Gasteiger partial charge in [-0.1, -0.05) is 36.8 Å². The topological polar surface area (TPSA) is 102 Å². The predicted molar refractivity (Wildman–Crippen MR) is 136 cm³/mol. The number of nitrogens with one attached hydrogen (secondary N) is 2. The van der Waals surface area contributed by atoms with Crippen LogP contribution in [-0.4, -0.2) is 49.3 Å². The zero-order chi connectivity index (χ0) is 24.7. The lowest BCUT2D eigenvalue weighted by atomic mass is 9.87. The molecule has 2 N–H and O–H groups in total. The number of nitriles is 1. The van der Waals surface area contributed by atoms with Crippen LogP contribution in [0.1, 0.15) is 31.4 Å². The molecular formula is C27H30N8. The van der Waals surface area contributed by atoms with Gasteiger partial charge in [0.05, 0.1) is 29.2 Å². The lowest BCUT2D eigenvalue weighted by molar-refractivity contribution is 0.00964. The molecule has 1 saturated heterocycles. The van der Waals surface area contributed by atoms with Crippen LogP contribution < -0.4 is 5.49 Å². The molecule has 4 aromatic rings. The van der Waals surface area contributed by atoms with E-state index < -0.39 is 0 Å². The van der Waals surface area contributed by atoms with E-state index in [1.807, 2.05) is 29.1 Å². The van der Waals surface area contributed by atoms with Crippen molar-refractivity contribution in [3.05, 3.63) is 71.3 Å². The Bertz CT molecular complexity index is 1520. The third kappa shape index (κ3) is 3.88. The lowest BCUT2D eigenvalue weighted by Gasteiger charge is -2.48. The molecule has 178 valence electrons. The standard InChI is InChI=1S/C27H30N8/c1-4-32-17-27(18-32,11-12-28)34-13-10-22(31-34)24-15-25-23(8-9-26(30)35(25)20(3)29)33(24)16-21-7-5-6-19(2)14-21/h5-10,13-15,29-30H,4,11,16-18H2,1-3H3. The molecule has 4 heterocycles. The van der Waals surface area contributed by atoms with Crippen molar-refractivity contribution < 1.29 is 0 Å². The summed E-state index contributed by atoms with van der Waals surface area (Å²) in [6, 6.07) is 18.5. The fourth-order valence-electron chi connectivity index (χ4n) is 5.22. The van der Waals surface area contributed by atoms with Gasteiger partial charge in [0, 0.05) is 25.8 Å². The fraction of sp³-hybridized carbons (Fsp3) is 0.333. The molecule has 0 aliphatic carbocycles. The minimum absolute atomic E-state index is 0.275. The average molecular weight is 467 g/mol. The number of rotatable bonds is 6. The second kappa shape index (κ2) is 8.67. The van der Waals surface area contributed by atoms with Gasteiger partial charge in [0.15, 0.2) is 0 Å². The number of nitrogens with zero attached hydrogens (tertiary/aromatic N) is 6. The molecule has 0 amide bonds. The van der Waals surface area contributed by atoms with Crippen LogP contribution in [-0.2, 0) is 12.1 Å². The van der Waals surface area contributed by atoms with Crippen LogP contribution in [0.5, 0.6) is 0 Å². The van der Waals surface area contributed by atoms with Gasteiger partial charge >= 0.3 is 0 Å². The summed E-state index contributed by atoms with van der Waals surface area (Å²) in [6.07, 6.45) is 2.41. The summed E-state index contributed by atoms with van der Waals surface area (Å²) in [4.78, 5) is 2.32. The van der Waals surface area contributed by atoms with Gasteiger partial charge in [-0.15, -0.1) is 0 Å². The molecule has 1 aliphatic rings. The molecule has 0 spiro atoms. The highest BCUT2D eigenvalue weighted by Crippen LogP contribution is 2.34. The first-order chi connectivity index (χ1) is 16.8. The number of hydrogen-bond donors (Lipinski definition) is 2. The second-order valence-corrected chi connectivity index (χ2v) is 9.52. The van der Waals surface area contributed by atoms with E-state index in [1.54, 1.807) is 17.6 Å². The van der Waals surface area contributed by atoms with Crippen LogP contribution in [0.3, 0.4) is 0 Å². The molecule has 1 fully saturated rings. The summed E-state index contributed by atoms with van der Waals surface area (Å²) in [6.45, 7) is 9.17. The first kappa shape index (κ1) is 22.8. The Morgan fingerprint density at radius 2 is 1.94 bits per heavy atom. The molecule has 5 rings (SSSR count). The molecule has 8 nitrogen and oxygen atoms in total. The SMILES string of the molecule is CCN1CC(CC#N)(n2ccc(-c3cc4c(ccc(=N)n4C(C)=N)n3Cc3cccc(C)c3)n2)C1. The zero-order valence-corrected chi connectivity index (χ0v) is 20.4. The number of benzene rings is 1. The maximum atomic E-state index is 9.49. The summed E-state index contributed by atoms with van der Waals surface area (Å²) in [5.41, 5.74) is 5.87. The molecule has 0 unspecified atom stereocenters. The van der Waals surface area contributed by atoms with E-state index in [2.05, 4.69) is 53.6 Å². The Labute approximate surface area is 204 Å².